The molecule has 0 fully saturated rings. The zero-order valence-electron chi connectivity index (χ0n) is 6.32. The van der Waals surface area contributed by atoms with Crippen LogP contribution in [0.1, 0.15) is 25.7 Å². The van der Waals surface area contributed by atoms with Crippen molar-refractivity contribution >= 4 is 0 Å². The van der Waals surface area contributed by atoms with E-state index in [0.717, 1.165) is 18.9 Å². The maximum absolute atomic E-state index is 11.5. The highest BCUT2D eigenvalue weighted by Gasteiger charge is 2.24. The predicted molar refractivity (Wildman–Crippen MR) is 39.0 cm³/mol. The molecule has 0 aromatic rings. The predicted octanol–water partition coefficient (Wildman–Crippen LogP) is 3.50. The number of allylic oxidation sites excluding steroid dienone is 2. The molecule has 0 saturated heterocycles. The molecule has 1 radical (unpaired) electrons. The molecule has 0 amide bonds. The fraction of sp³-hybridized carbons (Fsp3) is 0.625. The summed E-state index contributed by atoms with van der Waals surface area (Å²) in [6.45, 7) is 3.58. The highest BCUT2D eigenvalue weighted by molar-refractivity contribution is 4.83. The van der Waals surface area contributed by atoms with E-state index in [0.29, 0.717) is 6.42 Å². The second-order valence-corrected chi connectivity index (χ2v) is 2.29. The Labute approximate surface area is 65.1 Å². The zero-order chi connectivity index (χ0) is 8.74. The topological polar surface area (TPSA) is 0 Å². The van der Waals surface area contributed by atoms with E-state index in [2.05, 4.69) is 6.92 Å². The molecule has 0 bridgehead atoms. The summed E-state index contributed by atoms with van der Waals surface area (Å²) in [6.07, 6.45) is 0.170. The molecule has 3 heteroatoms. The van der Waals surface area contributed by atoms with Crippen molar-refractivity contribution in [2.75, 3.05) is 0 Å². The van der Waals surface area contributed by atoms with Gasteiger partial charge in [-0.05, 0) is 12.8 Å². The molecule has 0 unspecified atom stereocenters. The summed E-state index contributed by atoms with van der Waals surface area (Å²) in [5.41, 5.74) is 0. The summed E-state index contributed by atoms with van der Waals surface area (Å²) in [5.74, 6) is 0. The van der Waals surface area contributed by atoms with Crippen LogP contribution in [-0.4, -0.2) is 6.18 Å². The summed E-state index contributed by atoms with van der Waals surface area (Å²) in [7, 11) is 0. The number of rotatable bonds is 4. The number of unbranched alkanes of at least 4 members (excludes halogenated alkanes) is 2. The lowest BCUT2D eigenvalue weighted by Crippen LogP contribution is -2.03. The van der Waals surface area contributed by atoms with Crippen LogP contribution in [0.5, 0.6) is 0 Å². The molecule has 0 aromatic carbocycles. The molecule has 0 rings (SSSR count). The molecular weight excluding hydrogens is 153 g/mol. The molecule has 0 saturated carbocycles. The van der Waals surface area contributed by atoms with E-state index in [1.807, 2.05) is 0 Å². The molecule has 0 heterocycles. The van der Waals surface area contributed by atoms with Crippen LogP contribution < -0.4 is 0 Å². The molecule has 0 aromatic heterocycles. The fourth-order valence-corrected chi connectivity index (χ4v) is 0.597. The first kappa shape index (κ1) is 10.5. The Balaban J connectivity index is 3.30. The number of hydrogen-bond acceptors (Lipinski definition) is 0. The van der Waals surface area contributed by atoms with Gasteiger partial charge in [-0.2, -0.15) is 13.2 Å². The number of halogens is 3. The number of hydrogen-bond donors (Lipinski definition) is 0. The van der Waals surface area contributed by atoms with Crippen LogP contribution in [0.15, 0.2) is 12.2 Å². The van der Waals surface area contributed by atoms with Gasteiger partial charge in [0, 0.05) is 0 Å². The lowest BCUT2D eigenvalue weighted by atomic mass is 10.2. The molecule has 0 atom stereocenters. The van der Waals surface area contributed by atoms with Crippen molar-refractivity contribution in [3.05, 3.63) is 19.1 Å². The lowest BCUT2D eigenvalue weighted by molar-refractivity contribution is -0.125. The van der Waals surface area contributed by atoms with Crippen molar-refractivity contribution in [3.63, 3.8) is 0 Å². The van der Waals surface area contributed by atoms with Gasteiger partial charge >= 0.3 is 6.18 Å². The SMILES string of the molecule is [CH2]CCC/C=C/CC(F)(F)F. The third-order valence-electron chi connectivity index (χ3n) is 1.14. The van der Waals surface area contributed by atoms with E-state index in [9.17, 15) is 13.2 Å². The first-order valence-electron chi connectivity index (χ1n) is 3.57. The van der Waals surface area contributed by atoms with Crippen LogP contribution in [0.3, 0.4) is 0 Å². The zero-order valence-corrected chi connectivity index (χ0v) is 6.32. The number of alkyl halides is 3. The van der Waals surface area contributed by atoms with Crippen molar-refractivity contribution < 1.29 is 13.2 Å². The Morgan fingerprint density at radius 2 is 1.82 bits per heavy atom. The van der Waals surface area contributed by atoms with E-state index < -0.39 is 12.6 Å². The van der Waals surface area contributed by atoms with Crippen molar-refractivity contribution in [1.29, 1.82) is 0 Å². The van der Waals surface area contributed by atoms with Gasteiger partial charge in [0.2, 0.25) is 0 Å². The van der Waals surface area contributed by atoms with E-state index in [1.54, 1.807) is 6.08 Å². The average molecular weight is 165 g/mol. The Bertz CT molecular complexity index is 113. The van der Waals surface area contributed by atoms with Crippen LogP contribution in [0.25, 0.3) is 0 Å². The van der Waals surface area contributed by atoms with E-state index >= 15 is 0 Å². The van der Waals surface area contributed by atoms with Crippen molar-refractivity contribution in [2.45, 2.75) is 31.9 Å². The van der Waals surface area contributed by atoms with E-state index in [1.165, 1.54) is 0 Å². The second-order valence-electron chi connectivity index (χ2n) is 2.29. The molecule has 0 N–H and O–H groups in total. The van der Waals surface area contributed by atoms with Crippen LogP contribution in [0.4, 0.5) is 13.2 Å². The summed E-state index contributed by atoms with van der Waals surface area (Å²) in [5, 5.41) is 0. The summed E-state index contributed by atoms with van der Waals surface area (Å²) < 4.78 is 34.5. The summed E-state index contributed by atoms with van der Waals surface area (Å²) in [4.78, 5) is 0. The van der Waals surface area contributed by atoms with E-state index in [-0.39, 0.29) is 0 Å². The summed E-state index contributed by atoms with van der Waals surface area (Å²) in [6, 6.07) is 0. The fourth-order valence-electron chi connectivity index (χ4n) is 0.597. The van der Waals surface area contributed by atoms with Crippen molar-refractivity contribution in [1.82, 2.24) is 0 Å². The molecule has 65 valence electrons. The second kappa shape index (κ2) is 5.22. The van der Waals surface area contributed by atoms with Crippen LogP contribution >= 0.6 is 0 Å². The van der Waals surface area contributed by atoms with Crippen molar-refractivity contribution in [2.24, 2.45) is 0 Å². The third-order valence-corrected chi connectivity index (χ3v) is 1.14. The third kappa shape index (κ3) is 9.53. The first-order valence-corrected chi connectivity index (χ1v) is 3.57. The monoisotopic (exact) mass is 165 g/mol. The Morgan fingerprint density at radius 1 is 1.18 bits per heavy atom. The van der Waals surface area contributed by atoms with E-state index in [4.69, 9.17) is 0 Å². The van der Waals surface area contributed by atoms with Gasteiger partial charge in [0.25, 0.3) is 0 Å². The minimum absolute atomic E-state index is 0.694. The standard InChI is InChI=1S/C8H12F3/c1-2-3-4-5-6-7-8(9,10)11/h5-6H,1-4,7H2/b6-5+. The van der Waals surface area contributed by atoms with Crippen LogP contribution in [0.2, 0.25) is 0 Å². The average Bonchev–Trinajstić information content (AvgIpc) is 1.85. The molecule has 0 aliphatic carbocycles. The van der Waals surface area contributed by atoms with Gasteiger partial charge < -0.3 is 0 Å². The molecule has 0 aliphatic rings. The van der Waals surface area contributed by atoms with Gasteiger partial charge in [0.15, 0.2) is 0 Å². The van der Waals surface area contributed by atoms with Gasteiger partial charge in [0.1, 0.15) is 0 Å². The maximum Gasteiger partial charge on any atom is 0.392 e. The van der Waals surface area contributed by atoms with Gasteiger partial charge in [0.05, 0.1) is 6.42 Å². The van der Waals surface area contributed by atoms with Gasteiger partial charge in [-0.3, -0.25) is 0 Å². The van der Waals surface area contributed by atoms with Crippen molar-refractivity contribution in [3.8, 4) is 0 Å². The Kier molecular flexibility index (Phi) is 4.99. The molecule has 0 aliphatic heterocycles. The summed E-state index contributed by atoms with van der Waals surface area (Å²) >= 11 is 0. The van der Waals surface area contributed by atoms with Gasteiger partial charge in [-0.1, -0.05) is 25.5 Å². The normalized spacial score (nSPS) is 12.7. The molecule has 0 spiro atoms. The Hall–Kier alpha value is -0.470. The smallest absolute Gasteiger partial charge is 0.171 e. The van der Waals surface area contributed by atoms with Gasteiger partial charge in [-0.25, -0.2) is 0 Å². The molecule has 11 heavy (non-hydrogen) atoms. The highest BCUT2D eigenvalue weighted by Crippen LogP contribution is 2.19. The maximum atomic E-state index is 11.5. The molecular formula is C8H12F3. The van der Waals surface area contributed by atoms with Gasteiger partial charge in [-0.15, -0.1) is 0 Å². The first-order chi connectivity index (χ1) is 5.06. The minimum Gasteiger partial charge on any atom is -0.171 e. The van der Waals surface area contributed by atoms with Crippen LogP contribution in [0, 0.1) is 6.92 Å². The lowest BCUT2D eigenvalue weighted by Gasteiger charge is -1.99. The highest BCUT2D eigenvalue weighted by atomic mass is 19.4. The quantitative estimate of drug-likeness (QED) is 0.441. The largest absolute Gasteiger partial charge is 0.392 e. The minimum atomic E-state index is -4.05. The van der Waals surface area contributed by atoms with Crippen LogP contribution in [-0.2, 0) is 0 Å². The molecule has 0 nitrogen and oxygen atoms in total. The Morgan fingerprint density at radius 3 is 2.27 bits per heavy atom.